The van der Waals surface area contributed by atoms with E-state index in [9.17, 15) is 18.0 Å². The number of carbonyl (C=O) groups is 1. The average molecular weight is 238 g/mol. The first-order valence-corrected chi connectivity index (χ1v) is 5.21. The fourth-order valence-corrected chi connectivity index (χ4v) is 2.28. The van der Waals surface area contributed by atoms with E-state index >= 15 is 0 Å². The highest BCUT2D eigenvalue weighted by Crippen LogP contribution is 2.37. The number of fused-ring (bicyclic) bond motifs is 1. The van der Waals surface area contributed by atoms with Crippen LogP contribution in [0.5, 0.6) is 0 Å². The number of hydrogen-bond acceptors (Lipinski definition) is 2. The first-order chi connectivity index (χ1) is 7.24. The number of halogens is 3. The van der Waals surface area contributed by atoms with Crippen molar-refractivity contribution >= 4 is 6.41 Å². The topological polar surface area (TPSA) is 32.3 Å². The summed E-state index contributed by atoms with van der Waals surface area (Å²) < 4.78 is 31.1. The molecule has 2 rings (SSSR count). The van der Waals surface area contributed by atoms with Crippen molar-refractivity contribution < 1.29 is 18.0 Å². The number of likely N-dealkylation sites (tertiary alicyclic amines) is 1. The summed E-state index contributed by atoms with van der Waals surface area (Å²) in [7, 11) is 0. The van der Waals surface area contributed by atoms with Crippen LogP contribution in [0.2, 0.25) is 0 Å². The second-order valence-corrected chi connectivity index (χ2v) is 4.80. The van der Waals surface area contributed by atoms with E-state index in [1.165, 1.54) is 0 Å². The van der Waals surface area contributed by atoms with Crippen LogP contribution < -0.4 is 5.32 Å². The summed E-state index contributed by atoms with van der Waals surface area (Å²) in [4.78, 5) is 12.4. The van der Waals surface area contributed by atoms with Gasteiger partial charge in [-0.2, -0.15) is 13.2 Å². The number of carbonyl (C=O) groups excluding carboxylic acids is 1. The molecule has 0 saturated carbocycles. The molecule has 2 aliphatic heterocycles. The summed E-state index contributed by atoms with van der Waals surface area (Å²) in [6.45, 7) is 6.50. The van der Waals surface area contributed by atoms with Gasteiger partial charge < -0.3 is 10.2 Å². The van der Waals surface area contributed by atoms with E-state index in [1.807, 2.05) is 4.90 Å². The molecule has 2 atom stereocenters. The maximum absolute atomic E-state index is 10.5. The van der Waals surface area contributed by atoms with Crippen LogP contribution in [0.3, 0.4) is 0 Å². The van der Waals surface area contributed by atoms with Crippen molar-refractivity contribution in [2.24, 2.45) is 11.3 Å². The van der Waals surface area contributed by atoms with Gasteiger partial charge in [-0.3, -0.25) is 4.79 Å². The van der Waals surface area contributed by atoms with Gasteiger partial charge in [0.1, 0.15) is 0 Å². The first kappa shape index (κ1) is 13.3. The van der Waals surface area contributed by atoms with Crippen LogP contribution in [-0.2, 0) is 4.79 Å². The summed E-state index contributed by atoms with van der Waals surface area (Å²) in [5.74, 6) is 0.688. The predicted molar refractivity (Wildman–Crippen MR) is 53.8 cm³/mol. The quantitative estimate of drug-likeness (QED) is 0.697. The van der Waals surface area contributed by atoms with Crippen LogP contribution in [0, 0.1) is 11.3 Å². The normalized spacial score (nSPS) is 33.1. The fourth-order valence-electron chi connectivity index (χ4n) is 2.28. The second kappa shape index (κ2) is 4.61. The minimum Gasteiger partial charge on any atom is -0.344 e. The highest BCUT2D eigenvalue weighted by Gasteiger charge is 2.45. The van der Waals surface area contributed by atoms with Gasteiger partial charge in [0, 0.05) is 38.5 Å². The lowest BCUT2D eigenvalue weighted by Gasteiger charge is -2.20. The van der Waals surface area contributed by atoms with Crippen LogP contribution in [0.15, 0.2) is 0 Å². The molecule has 2 saturated heterocycles. The van der Waals surface area contributed by atoms with E-state index in [2.05, 4.69) is 12.2 Å². The van der Waals surface area contributed by atoms with Crippen LogP contribution >= 0.6 is 0 Å². The fraction of sp³-hybridized carbons (Fsp3) is 0.900. The Morgan fingerprint density at radius 1 is 1.50 bits per heavy atom. The largest absolute Gasteiger partial charge is 0.386 e. The lowest BCUT2D eigenvalue weighted by molar-refractivity contribution is -0.117. The van der Waals surface area contributed by atoms with Crippen molar-refractivity contribution in [2.75, 3.05) is 26.2 Å². The Labute approximate surface area is 93.0 Å². The van der Waals surface area contributed by atoms with Gasteiger partial charge in [0.2, 0.25) is 6.41 Å². The van der Waals surface area contributed by atoms with E-state index in [1.54, 1.807) is 0 Å². The molecule has 3 nitrogen and oxygen atoms in total. The molecule has 0 aromatic carbocycles. The molecule has 0 aliphatic carbocycles. The summed E-state index contributed by atoms with van der Waals surface area (Å²) in [5.41, 5.74) is 0.362. The molecular formula is C10H17F3N2O. The minimum atomic E-state index is -4.00. The van der Waals surface area contributed by atoms with E-state index in [4.69, 9.17) is 0 Å². The van der Waals surface area contributed by atoms with Gasteiger partial charge in [-0.1, -0.05) is 6.92 Å². The number of alkyl halides is 3. The molecule has 6 heteroatoms. The van der Waals surface area contributed by atoms with Crippen molar-refractivity contribution in [3.8, 4) is 0 Å². The van der Waals surface area contributed by atoms with Gasteiger partial charge >= 0.3 is 6.18 Å². The van der Waals surface area contributed by atoms with Gasteiger partial charge in [-0.15, -0.1) is 0 Å². The Morgan fingerprint density at radius 2 is 2.06 bits per heavy atom. The predicted octanol–water partition coefficient (Wildman–Crippen LogP) is 1.25. The molecule has 94 valence electrons. The Bertz CT molecular complexity index is 251. The highest BCUT2D eigenvalue weighted by atomic mass is 19.4. The third-order valence-electron chi connectivity index (χ3n) is 3.07. The Hall–Kier alpha value is -0.780. The molecule has 0 spiro atoms. The molecule has 2 fully saturated rings. The lowest BCUT2D eigenvalue weighted by Crippen LogP contribution is -2.29. The Morgan fingerprint density at radius 3 is 2.50 bits per heavy atom. The number of rotatable bonds is 1. The molecule has 2 aliphatic rings. The molecule has 0 bridgehead atoms. The summed E-state index contributed by atoms with van der Waals surface area (Å²) in [6, 6.07) is 0. The second-order valence-electron chi connectivity index (χ2n) is 4.80. The smallest absolute Gasteiger partial charge is 0.344 e. The first-order valence-electron chi connectivity index (χ1n) is 5.21. The monoisotopic (exact) mass is 238 g/mol. The maximum Gasteiger partial charge on any atom is 0.386 e. The number of nitrogens with zero attached hydrogens (tertiary/aromatic N) is 1. The molecule has 1 amide bonds. The van der Waals surface area contributed by atoms with Crippen molar-refractivity contribution in [1.29, 1.82) is 0 Å². The number of hydrogen-bond donors (Lipinski definition) is 1. The van der Waals surface area contributed by atoms with Crippen molar-refractivity contribution in [2.45, 2.75) is 20.0 Å². The molecule has 0 radical (unpaired) electrons. The van der Waals surface area contributed by atoms with E-state index in [0.717, 1.165) is 32.6 Å². The number of nitrogens with one attached hydrogen (secondary N) is 1. The van der Waals surface area contributed by atoms with Gasteiger partial charge in [-0.25, -0.2) is 0 Å². The van der Waals surface area contributed by atoms with Gasteiger partial charge in [0.25, 0.3) is 0 Å². The summed E-state index contributed by atoms with van der Waals surface area (Å²) in [5, 5.41) is 3.37. The molecule has 0 unspecified atom stereocenters. The zero-order valence-electron chi connectivity index (χ0n) is 9.47. The standard InChI is InChI=1S/C8H14N2O.C2H3F3/c1-8-4-9-2-7(8)3-10(5-8)6-11;1-2(3,4)5/h6-7,9H,2-5H2,1H3;1H3/t7-,8+;/m0./s1. The van der Waals surface area contributed by atoms with E-state index in [-0.39, 0.29) is 6.92 Å². The Balaban J connectivity index is 0.000000221. The lowest BCUT2D eigenvalue weighted by atomic mass is 9.83. The maximum atomic E-state index is 10.5. The molecule has 16 heavy (non-hydrogen) atoms. The summed E-state index contributed by atoms with van der Waals surface area (Å²) in [6.07, 6.45) is -3.02. The van der Waals surface area contributed by atoms with Crippen LogP contribution in [0.25, 0.3) is 0 Å². The third-order valence-corrected chi connectivity index (χ3v) is 3.07. The van der Waals surface area contributed by atoms with E-state index < -0.39 is 6.18 Å². The zero-order valence-corrected chi connectivity index (χ0v) is 9.47. The van der Waals surface area contributed by atoms with Crippen molar-refractivity contribution in [3.05, 3.63) is 0 Å². The molecule has 0 aromatic heterocycles. The van der Waals surface area contributed by atoms with E-state index in [0.29, 0.717) is 11.3 Å². The average Bonchev–Trinajstić information content (AvgIpc) is 2.55. The van der Waals surface area contributed by atoms with Crippen LogP contribution in [-0.4, -0.2) is 43.7 Å². The van der Waals surface area contributed by atoms with Crippen LogP contribution in [0.4, 0.5) is 13.2 Å². The molecular weight excluding hydrogens is 221 g/mol. The van der Waals surface area contributed by atoms with Gasteiger partial charge in [0.05, 0.1) is 0 Å². The third kappa shape index (κ3) is 3.66. The SMILES string of the molecule is CC(F)(F)F.C[C@]12CNC[C@H]1CN(C=O)C2. The van der Waals surface area contributed by atoms with Gasteiger partial charge in [0.15, 0.2) is 0 Å². The van der Waals surface area contributed by atoms with Crippen molar-refractivity contribution in [1.82, 2.24) is 10.2 Å². The van der Waals surface area contributed by atoms with Gasteiger partial charge in [-0.05, 0) is 5.92 Å². The highest BCUT2D eigenvalue weighted by molar-refractivity contribution is 5.48. The minimum absolute atomic E-state index is 0.188. The molecule has 2 heterocycles. The Kier molecular flexibility index (Phi) is 3.83. The zero-order chi connectivity index (χ0) is 12.4. The number of amides is 1. The molecule has 1 N–H and O–H groups in total. The van der Waals surface area contributed by atoms with Crippen LogP contribution in [0.1, 0.15) is 13.8 Å². The summed E-state index contributed by atoms with van der Waals surface area (Å²) >= 11 is 0. The molecule has 0 aromatic rings. The van der Waals surface area contributed by atoms with Crippen molar-refractivity contribution in [3.63, 3.8) is 0 Å².